The number of halogens is 3. The van der Waals surface area contributed by atoms with Crippen LogP contribution in [0.4, 0.5) is 24.5 Å². The predicted molar refractivity (Wildman–Crippen MR) is 132 cm³/mol. The van der Waals surface area contributed by atoms with Gasteiger partial charge in [-0.3, -0.25) is 14.3 Å². The van der Waals surface area contributed by atoms with Crippen LogP contribution >= 0.6 is 0 Å². The second-order valence-corrected chi connectivity index (χ2v) is 8.64. The Morgan fingerprint density at radius 1 is 1.25 bits per heavy atom. The molecule has 0 bridgehead atoms. The number of aryl methyl sites for hydroxylation is 1. The molecule has 1 aliphatic rings. The highest BCUT2D eigenvalue weighted by atomic mass is 19.4. The molecule has 1 aromatic heterocycles. The van der Waals surface area contributed by atoms with Crippen molar-refractivity contribution < 1.29 is 22.8 Å². The normalized spacial score (nSPS) is 14.5. The molecule has 0 spiro atoms. The van der Waals surface area contributed by atoms with Crippen LogP contribution in [-0.2, 0) is 17.4 Å². The van der Waals surface area contributed by atoms with Crippen LogP contribution in [0.2, 0.25) is 0 Å². The lowest BCUT2D eigenvalue weighted by Gasteiger charge is -2.32. The molecule has 0 fully saturated rings. The Hall–Kier alpha value is -4.09. The van der Waals surface area contributed by atoms with Gasteiger partial charge in [-0.25, -0.2) is 0 Å². The third kappa shape index (κ3) is 5.58. The maximum Gasteiger partial charge on any atom is 0.405 e. The third-order valence-corrected chi connectivity index (χ3v) is 5.82. The molecular formula is C24H28F3N7O2. The molecule has 0 radical (unpaired) electrons. The summed E-state index contributed by atoms with van der Waals surface area (Å²) in [7, 11) is 1.85. The molecule has 2 heterocycles. The van der Waals surface area contributed by atoms with Crippen molar-refractivity contribution in [3.8, 4) is 0 Å². The molecule has 4 rings (SSSR count). The molecule has 2 aromatic carbocycles. The number of nitrogens with one attached hydrogen (secondary N) is 2. The van der Waals surface area contributed by atoms with E-state index in [0.717, 1.165) is 16.6 Å². The molecule has 0 atom stereocenters. The number of rotatable bonds is 5. The molecular weight excluding hydrogens is 475 g/mol. The lowest BCUT2D eigenvalue weighted by molar-refractivity contribution is -0.139. The van der Waals surface area contributed by atoms with Crippen molar-refractivity contribution in [2.45, 2.75) is 32.5 Å². The van der Waals surface area contributed by atoms with Crippen molar-refractivity contribution in [2.75, 3.05) is 18.4 Å². The predicted octanol–water partition coefficient (Wildman–Crippen LogP) is 3.64. The number of alkyl halides is 3. The smallest absolute Gasteiger partial charge is 0.355 e. The Morgan fingerprint density at radius 2 is 1.94 bits per heavy atom. The third-order valence-electron chi connectivity index (χ3n) is 5.82. The standard InChI is InChI=1S/C22H22F3N5O2.C2H6N2/c1-21(2)15-5-4-6-16(28-14-7-8-17-13(9-14)10-27-29(17)3)19(15)20(32)30(21)11-18(31)26-12-22(23,24)25;1-2-4-3/h4-10,28H,11-12H2,1-3H3,(H,26,31);2H,3H2,1H3/b;4-2-. The van der Waals surface area contributed by atoms with Crippen LogP contribution in [0.15, 0.2) is 47.7 Å². The first-order valence-corrected chi connectivity index (χ1v) is 11.0. The van der Waals surface area contributed by atoms with Crippen molar-refractivity contribution in [1.82, 2.24) is 20.0 Å². The van der Waals surface area contributed by atoms with Gasteiger partial charge >= 0.3 is 6.18 Å². The van der Waals surface area contributed by atoms with E-state index in [1.807, 2.05) is 30.6 Å². The Morgan fingerprint density at radius 3 is 2.58 bits per heavy atom. The van der Waals surface area contributed by atoms with Gasteiger partial charge in [-0.05, 0) is 50.6 Å². The molecule has 0 saturated heterocycles. The number of nitrogens with zero attached hydrogens (tertiary/aromatic N) is 4. The molecule has 4 N–H and O–H groups in total. The minimum absolute atomic E-state index is 0.396. The second kappa shape index (κ2) is 10.3. The number of benzene rings is 2. The molecule has 0 aliphatic carbocycles. The van der Waals surface area contributed by atoms with E-state index < -0.39 is 36.6 Å². The second-order valence-electron chi connectivity index (χ2n) is 8.64. The quantitative estimate of drug-likeness (QED) is 0.279. The van der Waals surface area contributed by atoms with Crippen LogP contribution in [0.1, 0.15) is 36.7 Å². The van der Waals surface area contributed by atoms with Gasteiger partial charge in [0.15, 0.2) is 0 Å². The van der Waals surface area contributed by atoms with E-state index in [1.54, 1.807) is 49.8 Å². The van der Waals surface area contributed by atoms with Crippen molar-refractivity contribution in [2.24, 2.45) is 18.0 Å². The number of hydrazone groups is 1. The zero-order chi connectivity index (χ0) is 26.7. The van der Waals surface area contributed by atoms with E-state index in [2.05, 4.69) is 21.4 Å². The molecule has 36 heavy (non-hydrogen) atoms. The number of aromatic nitrogens is 2. The highest BCUT2D eigenvalue weighted by molar-refractivity contribution is 6.06. The molecule has 2 amide bonds. The van der Waals surface area contributed by atoms with Crippen LogP contribution in [0.5, 0.6) is 0 Å². The fraction of sp³-hybridized carbons (Fsp3) is 0.333. The summed E-state index contributed by atoms with van der Waals surface area (Å²) in [6.07, 6.45) is -1.25. The number of hydrogen-bond acceptors (Lipinski definition) is 6. The minimum atomic E-state index is -4.52. The van der Waals surface area contributed by atoms with Crippen LogP contribution in [0.3, 0.4) is 0 Å². The number of carbonyl (C=O) groups excluding carboxylic acids is 2. The summed E-state index contributed by atoms with van der Waals surface area (Å²) in [5.74, 6) is 3.31. The fourth-order valence-corrected chi connectivity index (χ4v) is 4.00. The van der Waals surface area contributed by atoms with Crippen molar-refractivity contribution in [3.05, 3.63) is 53.7 Å². The Labute approximate surface area is 206 Å². The number of anilines is 2. The van der Waals surface area contributed by atoms with Gasteiger partial charge in [0.05, 0.1) is 28.5 Å². The summed E-state index contributed by atoms with van der Waals surface area (Å²) < 4.78 is 39.0. The SMILES string of the molecule is C/C=N\N.Cn1ncc2cc(Nc3cccc4c3C(=O)N(CC(=O)NCC(F)(F)F)C4(C)C)ccc21. The highest BCUT2D eigenvalue weighted by Crippen LogP contribution is 2.42. The molecule has 0 saturated carbocycles. The van der Waals surface area contributed by atoms with E-state index in [9.17, 15) is 22.8 Å². The van der Waals surface area contributed by atoms with Crippen LogP contribution in [0.25, 0.3) is 10.9 Å². The number of amides is 2. The lowest BCUT2D eigenvalue weighted by Crippen LogP contribution is -2.47. The summed E-state index contributed by atoms with van der Waals surface area (Å²) in [5, 5.41) is 13.3. The number of carbonyl (C=O) groups is 2. The largest absolute Gasteiger partial charge is 0.405 e. The summed E-state index contributed by atoms with van der Waals surface area (Å²) in [6, 6.07) is 11.0. The van der Waals surface area contributed by atoms with E-state index in [1.165, 1.54) is 11.1 Å². The van der Waals surface area contributed by atoms with Gasteiger partial charge in [-0.15, -0.1) is 0 Å². The first-order valence-electron chi connectivity index (χ1n) is 11.0. The molecule has 9 nitrogen and oxygen atoms in total. The topological polar surface area (TPSA) is 118 Å². The molecule has 192 valence electrons. The van der Waals surface area contributed by atoms with Crippen molar-refractivity contribution in [3.63, 3.8) is 0 Å². The number of fused-ring (bicyclic) bond motifs is 2. The fourth-order valence-electron chi connectivity index (χ4n) is 4.00. The van der Waals surface area contributed by atoms with Gasteiger partial charge in [0.1, 0.15) is 13.1 Å². The minimum Gasteiger partial charge on any atom is -0.355 e. The van der Waals surface area contributed by atoms with Gasteiger partial charge in [-0.2, -0.15) is 23.4 Å². The van der Waals surface area contributed by atoms with Gasteiger partial charge in [0.2, 0.25) is 5.91 Å². The average Bonchev–Trinajstić information content (AvgIpc) is 3.28. The van der Waals surface area contributed by atoms with Gasteiger partial charge in [0, 0.05) is 24.3 Å². The van der Waals surface area contributed by atoms with E-state index in [4.69, 9.17) is 0 Å². The van der Waals surface area contributed by atoms with Gasteiger partial charge in [-0.1, -0.05) is 12.1 Å². The van der Waals surface area contributed by atoms with E-state index in [0.29, 0.717) is 16.8 Å². The van der Waals surface area contributed by atoms with Crippen LogP contribution in [-0.4, -0.2) is 52.0 Å². The average molecular weight is 504 g/mol. The summed E-state index contributed by atoms with van der Waals surface area (Å²) in [4.78, 5) is 26.6. The Bertz CT molecular complexity index is 1290. The van der Waals surface area contributed by atoms with Gasteiger partial charge < -0.3 is 21.4 Å². The molecule has 0 unspecified atom stereocenters. The summed E-state index contributed by atoms with van der Waals surface area (Å²) in [6.45, 7) is 3.38. The molecule has 1 aliphatic heterocycles. The Balaban J connectivity index is 0.000000840. The monoisotopic (exact) mass is 503 g/mol. The highest BCUT2D eigenvalue weighted by Gasteiger charge is 2.45. The summed E-state index contributed by atoms with van der Waals surface area (Å²) in [5.41, 5.74) is 2.49. The number of hydrogen-bond donors (Lipinski definition) is 3. The van der Waals surface area contributed by atoms with E-state index in [-0.39, 0.29) is 0 Å². The van der Waals surface area contributed by atoms with Crippen molar-refractivity contribution >= 4 is 40.3 Å². The molecule has 12 heteroatoms. The van der Waals surface area contributed by atoms with Crippen molar-refractivity contribution in [1.29, 1.82) is 0 Å². The summed E-state index contributed by atoms with van der Waals surface area (Å²) >= 11 is 0. The maximum atomic E-state index is 13.2. The molecule has 3 aromatic rings. The maximum absolute atomic E-state index is 13.2. The lowest BCUT2D eigenvalue weighted by atomic mass is 9.93. The van der Waals surface area contributed by atoms with Gasteiger partial charge in [0.25, 0.3) is 5.91 Å². The zero-order valence-electron chi connectivity index (χ0n) is 20.3. The zero-order valence-corrected chi connectivity index (χ0v) is 20.3. The Kier molecular flexibility index (Phi) is 7.56. The first kappa shape index (κ1) is 26.5. The number of nitrogens with two attached hydrogens (primary N) is 1. The van der Waals surface area contributed by atoms with E-state index >= 15 is 0 Å². The van der Waals surface area contributed by atoms with Crippen LogP contribution in [0, 0.1) is 0 Å². The van der Waals surface area contributed by atoms with Crippen LogP contribution < -0.4 is 16.5 Å². The first-order chi connectivity index (χ1) is 16.9.